The summed E-state index contributed by atoms with van der Waals surface area (Å²) in [7, 11) is 0. The third-order valence-electron chi connectivity index (χ3n) is 1.86. The van der Waals surface area contributed by atoms with E-state index in [9.17, 15) is 14.9 Å². The summed E-state index contributed by atoms with van der Waals surface area (Å²) in [6.07, 6.45) is 0. The fourth-order valence-corrected chi connectivity index (χ4v) is 1.92. The molecule has 1 aromatic rings. The summed E-state index contributed by atoms with van der Waals surface area (Å²) in [5.74, 6) is -0.209. The largest absolute Gasteiger partial charge is 0.481 e. The summed E-state index contributed by atoms with van der Waals surface area (Å²) in [6.45, 7) is 1.61. The molecule has 1 atom stereocenters. The van der Waals surface area contributed by atoms with E-state index in [-0.39, 0.29) is 5.88 Å². The molecule has 1 heterocycles. The molecule has 0 saturated heterocycles. The summed E-state index contributed by atoms with van der Waals surface area (Å²) < 4.78 is 4.92. The van der Waals surface area contributed by atoms with Gasteiger partial charge in [-0.3, -0.25) is 14.9 Å². The van der Waals surface area contributed by atoms with E-state index >= 15 is 0 Å². The van der Waals surface area contributed by atoms with Gasteiger partial charge in [0.1, 0.15) is 10.7 Å². The van der Waals surface area contributed by atoms with Crippen LogP contribution in [0.2, 0.25) is 0 Å². The zero-order chi connectivity index (χ0) is 12.1. The molecule has 1 rings (SSSR count). The van der Waals surface area contributed by atoms with E-state index in [4.69, 9.17) is 9.52 Å². The highest BCUT2D eigenvalue weighted by molar-refractivity contribution is 7.98. The topological polar surface area (TPSA) is 93.6 Å². The van der Waals surface area contributed by atoms with Gasteiger partial charge < -0.3 is 9.52 Å². The third-order valence-corrected chi connectivity index (χ3v) is 3.09. The number of hydrogen-bond acceptors (Lipinski definition) is 5. The van der Waals surface area contributed by atoms with Crippen molar-refractivity contribution in [3.63, 3.8) is 0 Å². The zero-order valence-corrected chi connectivity index (χ0v) is 9.40. The van der Waals surface area contributed by atoms with Crippen LogP contribution in [-0.4, -0.2) is 21.8 Å². The van der Waals surface area contributed by atoms with Crippen molar-refractivity contribution in [3.8, 4) is 0 Å². The molecule has 0 radical (unpaired) electrons. The van der Waals surface area contributed by atoms with E-state index in [0.29, 0.717) is 17.3 Å². The van der Waals surface area contributed by atoms with E-state index < -0.39 is 16.8 Å². The summed E-state index contributed by atoms with van der Waals surface area (Å²) >= 11 is 1.37. The van der Waals surface area contributed by atoms with Crippen LogP contribution in [0, 0.1) is 16.0 Å². The minimum atomic E-state index is -0.849. The first-order valence-corrected chi connectivity index (χ1v) is 5.70. The van der Waals surface area contributed by atoms with Crippen molar-refractivity contribution in [3.05, 3.63) is 28.0 Å². The van der Waals surface area contributed by atoms with Gasteiger partial charge in [0.05, 0.1) is 17.7 Å². The molecule has 1 unspecified atom stereocenters. The van der Waals surface area contributed by atoms with Crippen LogP contribution in [0.15, 0.2) is 16.5 Å². The maximum Gasteiger partial charge on any atom is 0.433 e. The van der Waals surface area contributed by atoms with Gasteiger partial charge in [-0.05, 0) is 6.07 Å². The molecular weight excluding hydrogens is 234 g/mol. The van der Waals surface area contributed by atoms with E-state index in [1.165, 1.54) is 23.9 Å². The van der Waals surface area contributed by atoms with Gasteiger partial charge in [0.25, 0.3) is 0 Å². The summed E-state index contributed by atoms with van der Waals surface area (Å²) in [4.78, 5) is 20.2. The van der Waals surface area contributed by atoms with Gasteiger partial charge in [0.15, 0.2) is 0 Å². The first-order chi connectivity index (χ1) is 7.50. The molecule has 7 heteroatoms. The predicted molar refractivity (Wildman–Crippen MR) is 58.3 cm³/mol. The fraction of sp³-hybridized carbons (Fsp3) is 0.444. The molecule has 88 valence electrons. The average Bonchev–Trinajstić information content (AvgIpc) is 2.66. The van der Waals surface area contributed by atoms with E-state index in [2.05, 4.69) is 0 Å². The second-order valence-electron chi connectivity index (χ2n) is 3.25. The molecule has 0 aliphatic carbocycles. The van der Waals surface area contributed by atoms with Gasteiger partial charge in [0, 0.05) is 5.75 Å². The van der Waals surface area contributed by atoms with Crippen molar-refractivity contribution in [1.29, 1.82) is 0 Å². The number of carbonyl (C=O) groups is 1. The highest BCUT2D eigenvalue weighted by Gasteiger charge is 2.14. The molecule has 6 nitrogen and oxygen atoms in total. The highest BCUT2D eigenvalue weighted by atomic mass is 32.2. The lowest BCUT2D eigenvalue weighted by atomic mass is 10.2. The number of furan rings is 1. The maximum atomic E-state index is 10.5. The van der Waals surface area contributed by atoms with Crippen LogP contribution in [0.25, 0.3) is 0 Å². The lowest BCUT2D eigenvalue weighted by Crippen LogP contribution is -2.11. The molecule has 16 heavy (non-hydrogen) atoms. The summed E-state index contributed by atoms with van der Waals surface area (Å²) in [6, 6.07) is 2.81. The maximum absolute atomic E-state index is 10.5. The molecule has 1 N–H and O–H groups in total. The van der Waals surface area contributed by atoms with Gasteiger partial charge in [-0.1, -0.05) is 6.92 Å². The van der Waals surface area contributed by atoms with Gasteiger partial charge >= 0.3 is 11.9 Å². The fourth-order valence-electron chi connectivity index (χ4n) is 0.950. The van der Waals surface area contributed by atoms with Crippen LogP contribution in [0.5, 0.6) is 0 Å². The molecule has 0 spiro atoms. The molecule has 1 aromatic heterocycles. The van der Waals surface area contributed by atoms with Crippen LogP contribution >= 0.6 is 11.8 Å². The molecule has 0 amide bonds. The Morgan fingerprint density at radius 3 is 2.88 bits per heavy atom. The van der Waals surface area contributed by atoms with Crippen LogP contribution in [-0.2, 0) is 10.5 Å². The molecule has 0 aliphatic rings. The molecular formula is C9H11NO5S. The van der Waals surface area contributed by atoms with Gasteiger partial charge in [0.2, 0.25) is 0 Å². The number of nitro groups is 1. The van der Waals surface area contributed by atoms with Gasteiger partial charge in [-0.2, -0.15) is 11.8 Å². The van der Waals surface area contributed by atoms with Crippen LogP contribution < -0.4 is 0 Å². The molecule has 0 saturated carbocycles. The standard InChI is InChI=1S/C9H11NO5S/c1-6(9(11)12)4-16-5-7-2-3-8(15-7)10(13)14/h2-3,6H,4-5H2,1H3,(H,11,12). The molecule has 0 bridgehead atoms. The van der Waals surface area contributed by atoms with Crippen molar-refractivity contribution in [1.82, 2.24) is 0 Å². The number of carboxylic acid groups (broad SMARTS) is 1. The Balaban J connectivity index is 2.37. The van der Waals surface area contributed by atoms with Crippen molar-refractivity contribution in [2.24, 2.45) is 5.92 Å². The van der Waals surface area contributed by atoms with Gasteiger partial charge in [-0.15, -0.1) is 0 Å². The number of aliphatic carboxylic acids is 1. The Kier molecular flexibility index (Phi) is 4.36. The SMILES string of the molecule is CC(CSCc1ccc([N+](=O)[O-])o1)C(=O)O. The molecule has 0 aromatic carbocycles. The quantitative estimate of drug-likeness (QED) is 0.609. The normalized spacial score (nSPS) is 12.3. The Bertz CT molecular complexity index is 389. The number of thioether (sulfide) groups is 1. The van der Waals surface area contributed by atoms with E-state index in [1.54, 1.807) is 6.92 Å². The predicted octanol–water partition coefficient (Wildman–Crippen LogP) is 2.14. The second kappa shape index (κ2) is 5.55. The van der Waals surface area contributed by atoms with Crippen LogP contribution in [0.3, 0.4) is 0 Å². The molecule has 0 aliphatic heterocycles. The second-order valence-corrected chi connectivity index (χ2v) is 4.28. The lowest BCUT2D eigenvalue weighted by Gasteiger charge is -2.03. The Labute approximate surface area is 95.8 Å². The number of hydrogen-bond donors (Lipinski definition) is 1. The Hall–Kier alpha value is -1.50. The Morgan fingerprint density at radius 2 is 2.38 bits per heavy atom. The lowest BCUT2D eigenvalue weighted by molar-refractivity contribution is -0.402. The molecule has 0 fully saturated rings. The third kappa shape index (κ3) is 3.58. The van der Waals surface area contributed by atoms with Crippen molar-refractivity contribution in [2.45, 2.75) is 12.7 Å². The first kappa shape index (κ1) is 12.6. The highest BCUT2D eigenvalue weighted by Crippen LogP contribution is 2.21. The minimum absolute atomic E-state index is 0.290. The van der Waals surface area contributed by atoms with Gasteiger partial charge in [-0.25, -0.2) is 0 Å². The minimum Gasteiger partial charge on any atom is -0.481 e. The zero-order valence-electron chi connectivity index (χ0n) is 8.58. The summed E-state index contributed by atoms with van der Waals surface area (Å²) in [5, 5.41) is 18.9. The number of nitrogens with zero attached hydrogens (tertiary/aromatic N) is 1. The van der Waals surface area contributed by atoms with Crippen LogP contribution in [0.1, 0.15) is 12.7 Å². The Morgan fingerprint density at radius 1 is 1.69 bits per heavy atom. The smallest absolute Gasteiger partial charge is 0.433 e. The van der Waals surface area contributed by atoms with E-state index in [0.717, 1.165) is 0 Å². The first-order valence-electron chi connectivity index (χ1n) is 4.54. The van der Waals surface area contributed by atoms with Crippen molar-refractivity contribution in [2.75, 3.05) is 5.75 Å². The van der Waals surface area contributed by atoms with Crippen LogP contribution in [0.4, 0.5) is 5.88 Å². The van der Waals surface area contributed by atoms with Crippen molar-refractivity contribution >= 4 is 23.6 Å². The average molecular weight is 245 g/mol. The number of carboxylic acids is 1. The van der Waals surface area contributed by atoms with E-state index in [1.807, 2.05) is 0 Å². The number of rotatable bonds is 6. The monoisotopic (exact) mass is 245 g/mol. The van der Waals surface area contributed by atoms with Crippen molar-refractivity contribution < 1.29 is 19.2 Å². The summed E-state index contributed by atoms with van der Waals surface area (Å²) in [5.41, 5.74) is 0.